The van der Waals surface area contributed by atoms with Crippen LogP contribution in [-0.4, -0.2) is 28.4 Å². The molecule has 0 atom stereocenters. The van der Waals surface area contributed by atoms with Gasteiger partial charge < -0.3 is 9.52 Å². The first-order chi connectivity index (χ1) is 15.4. The molecule has 1 amide bonds. The number of rotatable bonds is 5. The van der Waals surface area contributed by atoms with E-state index < -0.39 is 5.97 Å². The molecule has 0 radical (unpaired) electrons. The molecule has 2 heterocycles. The van der Waals surface area contributed by atoms with Crippen molar-refractivity contribution in [3.05, 3.63) is 86.4 Å². The Labute approximate surface area is 196 Å². The number of amidine groups is 1. The van der Waals surface area contributed by atoms with Crippen LogP contribution in [0.4, 0.5) is 0 Å². The summed E-state index contributed by atoms with van der Waals surface area (Å²) in [6.45, 7) is 0. The molecule has 1 aliphatic rings. The third-order valence-corrected chi connectivity index (χ3v) is 5.73. The monoisotopic (exact) mass is 485 g/mol. The number of hydrogen-bond acceptors (Lipinski definition) is 6. The average molecular weight is 486 g/mol. The summed E-state index contributed by atoms with van der Waals surface area (Å²) in [4.78, 5) is 23.7. The molecule has 4 rings (SSSR count). The van der Waals surface area contributed by atoms with Gasteiger partial charge in [0.2, 0.25) is 0 Å². The highest BCUT2D eigenvalue weighted by Crippen LogP contribution is 2.30. The van der Waals surface area contributed by atoms with E-state index in [0.717, 1.165) is 17.3 Å². The molecule has 3 aromatic rings. The van der Waals surface area contributed by atoms with Crippen LogP contribution in [-0.2, 0) is 4.79 Å². The summed E-state index contributed by atoms with van der Waals surface area (Å²) in [6.07, 6.45) is 3.14. The van der Waals surface area contributed by atoms with Gasteiger partial charge in [-0.25, -0.2) is 4.79 Å². The number of nitrogens with one attached hydrogen (secondary N) is 1. The number of carbonyl (C=O) groups is 2. The number of carboxylic acids is 1. The summed E-state index contributed by atoms with van der Waals surface area (Å²) in [7, 11) is 0. The lowest BCUT2D eigenvalue weighted by Crippen LogP contribution is -2.19. The van der Waals surface area contributed by atoms with Crippen LogP contribution >= 0.6 is 35.0 Å². The number of nitrogens with zero attached hydrogens (tertiary/aromatic N) is 2. The van der Waals surface area contributed by atoms with Crippen molar-refractivity contribution >= 4 is 64.3 Å². The standard InChI is InChI=1S/C22H13Cl2N3O4S/c23-14-4-1-12(2-5-14)11-25-27-22-26-20(28)19(32-22)10-15-6-8-18(31-15)13-3-7-16(21(29)30)17(24)9-13/h1-11H,(H,29,30)(H,26,27,28)/b19-10+,25-11-. The number of amides is 1. The SMILES string of the molecule is O=C1N/C(=N\N=C/c2ccc(Cl)cc2)S/C1=C/c1ccc(-c2ccc(C(=O)O)c(Cl)c2)o1. The first-order valence-corrected chi connectivity index (χ1v) is 10.7. The second-order valence-electron chi connectivity index (χ2n) is 6.47. The summed E-state index contributed by atoms with van der Waals surface area (Å²) >= 11 is 13.0. The normalized spacial score (nSPS) is 16.2. The third kappa shape index (κ3) is 5.11. The number of hydrogen-bond donors (Lipinski definition) is 2. The van der Waals surface area contributed by atoms with Gasteiger partial charge in [0.25, 0.3) is 5.91 Å². The maximum Gasteiger partial charge on any atom is 0.337 e. The third-order valence-electron chi connectivity index (χ3n) is 4.26. The Bertz CT molecular complexity index is 1300. The number of furan rings is 1. The zero-order valence-electron chi connectivity index (χ0n) is 16.1. The molecule has 1 saturated heterocycles. The van der Waals surface area contributed by atoms with E-state index >= 15 is 0 Å². The molecule has 0 aliphatic carbocycles. The maximum atomic E-state index is 12.2. The van der Waals surface area contributed by atoms with Crippen molar-refractivity contribution in [1.82, 2.24) is 5.32 Å². The average Bonchev–Trinajstić information content (AvgIpc) is 3.36. The van der Waals surface area contributed by atoms with Gasteiger partial charge in [-0.2, -0.15) is 5.10 Å². The Kier molecular flexibility index (Phi) is 6.45. The van der Waals surface area contributed by atoms with Gasteiger partial charge in [-0.05, 0) is 53.7 Å². The summed E-state index contributed by atoms with van der Waals surface area (Å²) in [5, 5.41) is 20.8. The summed E-state index contributed by atoms with van der Waals surface area (Å²) < 4.78 is 5.76. The van der Waals surface area contributed by atoms with Gasteiger partial charge >= 0.3 is 5.97 Å². The molecule has 0 unspecified atom stereocenters. The van der Waals surface area contributed by atoms with Crippen LogP contribution in [0.3, 0.4) is 0 Å². The van der Waals surface area contributed by atoms with Gasteiger partial charge in [0.15, 0.2) is 5.17 Å². The number of benzene rings is 2. The van der Waals surface area contributed by atoms with Gasteiger partial charge in [0.1, 0.15) is 11.5 Å². The summed E-state index contributed by atoms with van der Waals surface area (Å²) in [5.74, 6) is -0.490. The van der Waals surface area contributed by atoms with Crippen molar-refractivity contribution in [2.24, 2.45) is 10.2 Å². The highest BCUT2D eigenvalue weighted by molar-refractivity contribution is 8.18. The predicted octanol–water partition coefficient (Wildman–Crippen LogP) is 5.55. The molecule has 0 bridgehead atoms. The molecule has 1 aromatic heterocycles. The fraction of sp³-hybridized carbons (Fsp3) is 0. The number of thioether (sulfide) groups is 1. The highest BCUT2D eigenvalue weighted by atomic mass is 35.5. The smallest absolute Gasteiger partial charge is 0.337 e. The first-order valence-electron chi connectivity index (χ1n) is 9.09. The first kappa shape index (κ1) is 21.9. The molecule has 1 fully saturated rings. The largest absolute Gasteiger partial charge is 0.478 e. The zero-order chi connectivity index (χ0) is 22.7. The Morgan fingerprint density at radius 1 is 1.09 bits per heavy atom. The number of carbonyl (C=O) groups excluding carboxylic acids is 1. The minimum Gasteiger partial charge on any atom is -0.478 e. The van der Waals surface area contributed by atoms with Crippen molar-refractivity contribution in [3.8, 4) is 11.3 Å². The lowest BCUT2D eigenvalue weighted by Gasteiger charge is -2.01. The molecular weight excluding hydrogens is 473 g/mol. The maximum absolute atomic E-state index is 12.2. The quantitative estimate of drug-likeness (QED) is 0.280. The Balaban J connectivity index is 1.47. The Morgan fingerprint density at radius 3 is 2.59 bits per heavy atom. The van der Waals surface area contributed by atoms with Gasteiger partial charge in [-0.1, -0.05) is 41.4 Å². The van der Waals surface area contributed by atoms with E-state index in [4.69, 9.17) is 32.7 Å². The van der Waals surface area contributed by atoms with E-state index in [1.54, 1.807) is 54.8 Å². The van der Waals surface area contributed by atoms with Gasteiger partial charge in [-0.15, -0.1) is 5.10 Å². The van der Waals surface area contributed by atoms with Crippen LogP contribution in [0.2, 0.25) is 10.0 Å². The number of aromatic carboxylic acids is 1. The van der Waals surface area contributed by atoms with E-state index in [9.17, 15) is 9.59 Å². The van der Waals surface area contributed by atoms with Crippen LogP contribution < -0.4 is 5.32 Å². The lowest BCUT2D eigenvalue weighted by molar-refractivity contribution is -0.115. The van der Waals surface area contributed by atoms with Crippen LogP contribution in [0.25, 0.3) is 17.4 Å². The fourth-order valence-electron chi connectivity index (χ4n) is 2.73. The van der Waals surface area contributed by atoms with Gasteiger partial charge in [0.05, 0.1) is 21.7 Å². The van der Waals surface area contributed by atoms with Crippen LogP contribution in [0, 0.1) is 0 Å². The van der Waals surface area contributed by atoms with E-state index in [1.807, 2.05) is 0 Å². The van der Waals surface area contributed by atoms with Crippen molar-refractivity contribution < 1.29 is 19.1 Å². The van der Waals surface area contributed by atoms with E-state index in [0.29, 0.717) is 32.2 Å². The number of halogens is 2. The molecule has 0 saturated carbocycles. The lowest BCUT2D eigenvalue weighted by atomic mass is 10.1. The topological polar surface area (TPSA) is 104 Å². The molecule has 32 heavy (non-hydrogen) atoms. The van der Waals surface area contributed by atoms with E-state index in [1.165, 1.54) is 12.1 Å². The molecule has 10 heteroatoms. The molecule has 1 aliphatic heterocycles. The van der Waals surface area contributed by atoms with Crippen LogP contribution in [0.15, 0.2) is 74.1 Å². The van der Waals surface area contributed by atoms with Crippen LogP contribution in [0.5, 0.6) is 0 Å². The molecule has 7 nitrogen and oxygen atoms in total. The molecule has 160 valence electrons. The van der Waals surface area contributed by atoms with Gasteiger partial charge in [-0.3, -0.25) is 10.1 Å². The van der Waals surface area contributed by atoms with Crippen molar-refractivity contribution in [3.63, 3.8) is 0 Å². The second-order valence-corrected chi connectivity index (χ2v) is 8.34. The van der Waals surface area contributed by atoms with Crippen LogP contribution in [0.1, 0.15) is 21.7 Å². The summed E-state index contributed by atoms with van der Waals surface area (Å²) in [6, 6.07) is 15.0. The highest BCUT2D eigenvalue weighted by Gasteiger charge is 2.24. The van der Waals surface area contributed by atoms with E-state index in [2.05, 4.69) is 15.5 Å². The van der Waals surface area contributed by atoms with E-state index in [-0.39, 0.29) is 16.5 Å². The molecule has 0 spiro atoms. The predicted molar refractivity (Wildman–Crippen MR) is 126 cm³/mol. The second kappa shape index (κ2) is 9.44. The Morgan fingerprint density at radius 2 is 1.88 bits per heavy atom. The molecule has 2 N–H and O–H groups in total. The zero-order valence-corrected chi connectivity index (χ0v) is 18.4. The minimum atomic E-state index is -1.11. The Hall–Kier alpha value is -3.33. The summed E-state index contributed by atoms with van der Waals surface area (Å²) in [5.41, 5.74) is 1.45. The molecular formula is C22H13Cl2N3O4S. The minimum absolute atomic E-state index is 0.00822. The van der Waals surface area contributed by atoms with Crippen molar-refractivity contribution in [2.45, 2.75) is 0 Å². The molecule has 2 aromatic carbocycles. The number of carboxylic acid groups (broad SMARTS) is 1. The van der Waals surface area contributed by atoms with Crippen molar-refractivity contribution in [2.75, 3.05) is 0 Å². The fourth-order valence-corrected chi connectivity index (χ4v) is 3.87. The van der Waals surface area contributed by atoms with Gasteiger partial charge in [0, 0.05) is 16.7 Å². The van der Waals surface area contributed by atoms with Crippen molar-refractivity contribution in [1.29, 1.82) is 0 Å².